The van der Waals surface area contributed by atoms with Gasteiger partial charge in [0.25, 0.3) is 0 Å². The van der Waals surface area contributed by atoms with Gasteiger partial charge in [0.15, 0.2) is 17.6 Å². The summed E-state index contributed by atoms with van der Waals surface area (Å²) in [7, 11) is 3.23. The number of benzene rings is 2. The Morgan fingerprint density at radius 3 is 2.38 bits per heavy atom. The molecular weight excluding hydrogens is 372 g/mol. The number of methoxy groups -OCH3 is 2. The van der Waals surface area contributed by atoms with E-state index in [-0.39, 0.29) is 12.5 Å². The van der Waals surface area contributed by atoms with Crippen LogP contribution in [0.2, 0.25) is 0 Å². The molecule has 2 aromatic rings. The van der Waals surface area contributed by atoms with Gasteiger partial charge in [-0.15, -0.1) is 0 Å². The van der Waals surface area contributed by atoms with Gasteiger partial charge in [0.1, 0.15) is 12.4 Å². The van der Waals surface area contributed by atoms with Gasteiger partial charge in [0.05, 0.1) is 13.7 Å². The van der Waals surface area contributed by atoms with Gasteiger partial charge in [-0.1, -0.05) is 44.2 Å². The summed E-state index contributed by atoms with van der Waals surface area (Å²) < 4.78 is 27.6. The molecular formula is C23H30O6. The number of carbonyl (C=O) groups excluding carboxylic acids is 1. The maximum Gasteiger partial charge on any atom is 0.347 e. The third-order valence-electron chi connectivity index (χ3n) is 4.21. The van der Waals surface area contributed by atoms with Crippen molar-refractivity contribution in [2.75, 3.05) is 27.4 Å². The third-order valence-corrected chi connectivity index (χ3v) is 4.21. The van der Waals surface area contributed by atoms with E-state index >= 15 is 0 Å². The largest absolute Gasteiger partial charge is 0.493 e. The van der Waals surface area contributed by atoms with Gasteiger partial charge in [0, 0.05) is 32.1 Å². The zero-order valence-corrected chi connectivity index (χ0v) is 17.6. The van der Waals surface area contributed by atoms with Crippen molar-refractivity contribution in [2.24, 2.45) is 5.92 Å². The predicted octanol–water partition coefficient (Wildman–Crippen LogP) is 4.26. The van der Waals surface area contributed by atoms with E-state index in [1.165, 1.54) is 0 Å². The lowest BCUT2D eigenvalue weighted by atomic mass is 10.1. The summed E-state index contributed by atoms with van der Waals surface area (Å²) in [5.41, 5.74) is 0.930. The van der Waals surface area contributed by atoms with Crippen molar-refractivity contribution in [1.82, 2.24) is 0 Å². The summed E-state index contributed by atoms with van der Waals surface area (Å²) in [5.74, 6) is 1.21. The third kappa shape index (κ3) is 7.31. The molecule has 0 aromatic heterocycles. The molecule has 0 heterocycles. The fourth-order valence-electron chi connectivity index (χ4n) is 2.64. The molecule has 0 saturated carbocycles. The van der Waals surface area contributed by atoms with Crippen LogP contribution in [0.4, 0.5) is 0 Å². The normalized spacial score (nSPS) is 11.8. The molecule has 2 aromatic carbocycles. The summed E-state index contributed by atoms with van der Waals surface area (Å²) in [5, 5.41) is 0. The number of esters is 1. The van der Waals surface area contributed by atoms with Gasteiger partial charge in [0.2, 0.25) is 0 Å². The van der Waals surface area contributed by atoms with Crippen LogP contribution < -0.4 is 14.2 Å². The van der Waals surface area contributed by atoms with Crippen LogP contribution in [-0.2, 0) is 20.9 Å². The first-order valence-electron chi connectivity index (χ1n) is 9.72. The fourth-order valence-corrected chi connectivity index (χ4v) is 2.64. The highest BCUT2D eigenvalue weighted by molar-refractivity contribution is 5.75. The van der Waals surface area contributed by atoms with Crippen molar-refractivity contribution in [2.45, 2.75) is 33.0 Å². The Balaban J connectivity index is 2.03. The van der Waals surface area contributed by atoms with Gasteiger partial charge in [-0.3, -0.25) is 0 Å². The smallest absolute Gasteiger partial charge is 0.347 e. The van der Waals surface area contributed by atoms with Crippen molar-refractivity contribution in [1.29, 1.82) is 0 Å². The van der Waals surface area contributed by atoms with Crippen molar-refractivity contribution in [3.8, 4) is 17.2 Å². The first kappa shape index (κ1) is 22.6. The van der Waals surface area contributed by atoms with Crippen LogP contribution in [0.5, 0.6) is 17.2 Å². The Bertz CT molecular complexity index is 744. The average Bonchev–Trinajstić information content (AvgIpc) is 2.74. The SMILES string of the molecule is COCCCOc1cc(OC(C(=O)OCc2ccccc2)C(C)C)ccc1OC. The van der Waals surface area contributed by atoms with E-state index in [1.54, 1.807) is 32.4 Å². The highest BCUT2D eigenvalue weighted by Crippen LogP contribution is 2.32. The summed E-state index contributed by atoms with van der Waals surface area (Å²) in [6, 6.07) is 14.8. The van der Waals surface area contributed by atoms with Gasteiger partial charge >= 0.3 is 5.97 Å². The lowest BCUT2D eigenvalue weighted by Gasteiger charge is -2.22. The second kappa shape index (κ2) is 12.0. The molecule has 6 heteroatoms. The molecule has 158 valence electrons. The van der Waals surface area contributed by atoms with Crippen LogP contribution in [0.25, 0.3) is 0 Å². The highest BCUT2D eigenvalue weighted by atomic mass is 16.6. The fraction of sp³-hybridized carbons (Fsp3) is 0.435. The Morgan fingerprint density at radius 1 is 0.966 bits per heavy atom. The van der Waals surface area contributed by atoms with Crippen LogP contribution in [-0.4, -0.2) is 39.5 Å². The highest BCUT2D eigenvalue weighted by Gasteiger charge is 2.26. The molecule has 0 amide bonds. The Hall–Kier alpha value is -2.73. The van der Waals surface area contributed by atoms with Crippen LogP contribution in [0.15, 0.2) is 48.5 Å². The molecule has 6 nitrogen and oxygen atoms in total. The number of ether oxygens (including phenoxy) is 5. The van der Waals surface area contributed by atoms with Crippen LogP contribution in [0.1, 0.15) is 25.8 Å². The first-order chi connectivity index (χ1) is 14.0. The number of carbonyl (C=O) groups is 1. The summed E-state index contributed by atoms with van der Waals surface area (Å²) in [6.45, 7) is 5.14. The summed E-state index contributed by atoms with van der Waals surface area (Å²) >= 11 is 0. The van der Waals surface area contributed by atoms with Crippen LogP contribution in [0, 0.1) is 5.92 Å². The van der Waals surface area contributed by atoms with E-state index < -0.39 is 12.1 Å². The lowest BCUT2D eigenvalue weighted by Crippen LogP contribution is -2.34. The Morgan fingerprint density at radius 2 is 1.72 bits per heavy atom. The molecule has 0 radical (unpaired) electrons. The molecule has 1 unspecified atom stereocenters. The standard InChI is InChI=1S/C23H30O6/c1-17(2)22(23(24)28-16-18-9-6-5-7-10-18)29-19-11-12-20(26-4)21(15-19)27-14-8-13-25-3/h5-7,9-12,15,17,22H,8,13-14,16H2,1-4H3. The minimum atomic E-state index is -0.728. The van der Waals surface area contributed by atoms with E-state index in [2.05, 4.69) is 0 Å². The lowest BCUT2D eigenvalue weighted by molar-refractivity contribution is -0.155. The molecule has 0 aliphatic rings. The van der Waals surface area contributed by atoms with Crippen molar-refractivity contribution >= 4 is 5.97 Å². The number of hydrogen-bond acceptors (Lipinski definition) is 6. The van der Waals surface area contributed by atoms with Crippen LogP contribution >= 0.6 is 0 Å². The monoisotopic (exact) mass is 402 g/mol. The topological polar surface area (TPSA) is 63.2 Å². The zero-order valence-electron chi connectivity index (χ0n) is 17.6. The second-order valence-corrected chi connectivity index (χ2v) is 6.88. The van der Waals surface area contributed by atoms with Gasteiger partial charge < -0.3 is 23.7 Å². The van der Waals surface area contributed by atoms with Gasteiger partial charge in [-0.05, 0) is 17.7 Å². The van der Waals surface area contributed by atoms with Crippen molar-refractivity contribution < 1.29 is 28.5 Å². The maximum absolute atomic E-state index is 12.6. The molecule has 0 N–H and O–H groups in total. The molecule has 0 fully saturated rings. The first-order valence-corrected chi connectivity index (χ1v) is 9.72. The van der Waals surface area contributed by atoms with Crippen molar-refractivity contribution in [3.05, 3.63) is 54.1 Å². The van der Waals surface area contributed by atoms with Crippen LogP contribution in [0.3, 0.4) is 0 Å². The second-order valence-electron chi connectivity index (χ2n) is 6.88. The Kier molecular flexibility index (Phi) is 9.31. The quantitative estimate of drug-likeness (QED) is 0.391. The molecule has 0 aliphatic carbocycles. The molecule has 2 rings (SSSR count). The van der Waals surface area contributed by atoms with Gasteiger partial charge in [-0.25, -0.2) is 4.79 Å². The van der Waals surface area contributed by atoms with E-state index in [4.69, 9.17) is 23.7 Å². The maximum atomic E-state index is 12.6. The molecule has 1 atom stereocenters. The van der Waals surface area contributed by atoms with E-state index in [9.17, 15) is 4.79 Å². The zero-order chi connectivity index (χ0) is 21.1. The molecule has 0 spiro atoms. The van der Waals surface area contributed by atoms with Crippen molar-refractivity contribution in [3.63, 3.8) is 0 Å². The summed E-state index contributed by atoms with van der Waals surface area (Å²) in [4.78, 5) is 12.6. The number of rotatable bonds is 12. The molecule has 0 bridgehead atoms. The van der Waals surface area contributed by atoms with E-state index in [0.29, 0.717) is 30.5 Å². The number of hydrogen-bond donors (Lipinski definition) is 0. The summed E-state index contributed by atoms with van der Waals surface area (Å²) in [6.07, 6.45) is 0.0268. The minimum absolute atomic E-state index is 0.0635. The van der Waals surface area contributed by atoms with Gasteiger partial charge in [-0.2, -0.15) is 0 Å². The molecule has 0 saturated heterocycles. The minimum Gasteiger partial charge on any atom is -0.493 e. The molecule has 0 aliphatic heterocycles. The molecule has 29 heavy (non-hydrogen) atoms. The average molecular weight is 402 g/mol. The predicted molar refractivity (Wildman–Crippen MR) is 110 cm³/mol. The Labute approximate surface area is 172 Å². The van der Waals surface area contributed by atoms with E-state index in [0.717, 1.165) is 12.0 Å². The van der Waals surface area contributed by atoms with E-state index in [1.807, 2.05) is 44.2 Å².